The molecular formula is C26H31Cl3N8O2. The van der Waals surface area contributed by atoms with E-state index in [-0.39, 0.29) is 29.8 Å². The number of nitrogens with one attached hydrogen (secondary N) is 2. The molecule has 2 fully saturated rings. The van der Waals surface area contributed by atoms with Crippen molar-refractivity contribution >= 4 is 75.4 Å². The summed E-state index contributed by atoms with van der Waals surface area (Å²) in [5.74, 6) is 0.734. The zero-order valence-electron chi connectivity index (χ0n) is 21.6. The van der Waals surface area contributed by atoms with Crippen molar-refractivity contribution in [3.8, 4) is 0 Å². The van der Waals surface area contributed by atoms with E-state index in [1.54, 1.807) is 18.3 Å². The first-order valence-electron chi connectivity index (χ1n) is 13.2. The maximum atomic E-state index is 12.2. The summed E-state index contributed by atoms with van der Waals surface area (Å²) in [5, 5.41) is 7.86. The Balaban J connectivity index is 1.48. The van der Waals surface area contributed by atoms with Crippen molar-refractivity contribution in [2.75, 3.05) is 23.7 Å². The van der Waals surface area contributed by atoms with Gasteiger partial charge in [-0.25, -0.2) is 9.97 Å². The van der Waals surface area contributed by atoms with Crippen LogP contribution in [0.25, 0.3) is 11.2 Å². The van der Waals surface area contributed by atoms with E-state index in [2.05, 4.69) is 15.6 Å². The first-order chi connectivity index (χ1) is 18.7. The molecule has 1 saturated carbocycles. The van der Waals surface area contributed by atoms with E-state index < -0.39 is 0 Å². The van der Waals surface area contributed by atoms with Gasteiger partial charge >= 0.3 is 0 Å². The van der Waals surface area contributed by atoms with Crippen molar-refractivity contribution in [1.29, 1.82) is 0 Å². The molecule has 1 atom stereocenters. The second-order valence-electron chi connectivity index (χ2n) is 10.2. The Hall–Kier alpha value is -2.82. The summed E-state index contributed by atoms with van der Waals surface area (Å²) in [6.07, 6.45) is 6.85. The van der Waals surface area contributed by atoms with E-state index >= 15 is 0 Å². The zero-order chi connectivity index (χ0) is 27.7. The second-order valence-corrected chi connectivity index (χ2v) is 11.4. The molecule has 3 heterocycles. The van der Waals surface area contributed by atoms with E-state index in [1.165, 1.54) is 0 Å². The van der Waals surface area contributed by atoms with Gasteiger partial charge in [0, 0.05) is 42.5 Å². The summed E-state index contributed by atoms with van der Waals surface area (Å²) in [6.45, 7) is 3.27. The molecule has 10 nitrogen and oxygen atoms in total. The summed E-state index contributed by atoms with van der Waals surface area (Å²) >= 11 is 19.0. The lowest BCUT2D eigenvalue weighted by atomic mass is 9.85. The predicted molar refractivity (Wildman–Crippen MR) is 154 cm³/mol. The molecule has 0 spiro atoms. The molecule has 2 amide bonds. The van der Waals surface area contributed by atoms with E-state index in [0.717, 1.165) is 32.2 Å². The molecule has 1 aliphatic heterocycles. The third-order valence-electron chi connectivity index (χ3n) is 7.55. The van der Waals surface area contributed by atoms with Crippen LogP contribution in [0.4, 0.5) is 17.6 Å². The topological polar surface area (TPSA) is 131 Å². The van der Waals surface area contributed by atoms with Gasteiger partial charge < -0.3 is 21.3 Å². The first-order valence-corrected chi connectivity index (χ1v) is 14.4. The van der Waals surface area contributed by atoms with Crippen LogP contribution in [0.3, 0.4) is 0 Å². The molecule has 1 aliphatic carbocycles. The largest absolute Gasteiger partial charge is 0.369 e. The molecule has 39 heavy (non-hydrogen) atoms. The molecule has 1 saturated heterocycles. The average molecular weight is 594 g/mol. The maximum absolute atomic E-state index is 12.2. The van der Waals surface area contributed by atoms with Gasteiger partial charge in [-0.15, -0.1) is 0 Å². The van der Waals surface area contributed by atoms with Crippen molar-refractivity contribution in [1.82, 2.24) is 24.4 Å². The number of aromatic nitrogens is 4. The van der Waals surface area contributed by atoms with Crippen LogP contribution in [0.1, 0.15) is 57.9 Å². The lowest BCUT2D eigenvalue weighted by Crippen LogP contribution is -2.45. The number of hydrogen-bond acceptors (Lipinski definition) is 7. The van der Waals surface area contributed by atoms with Gasteiger partial charge in [0.15, 0.2) is 5.65 Å². The molecular weight excluding hydrogens is 563 g/mol. The number of likely N-dealkylation sites (tertiary alicyclic amines) is 1. The molecule has 2 aromatic heterocycles. The number of nitrogens with zero attached hydrogens (tertiary/aromatic N) is 5. The fourth-order valence-corrected chi connectivity index (χ4v) is 6.43. The number of benzene rings is 1. The Kier molecular flexibility index (Phi) is 8.35. The number of amides is 2. The van der Waals surface area contributed by atoms with Crippen LogP contribution in [0, 0.1) is 5.92 Å². The van der Waals surface area contributed by atoms with Crippen molar-refractivity contribution < 1.29 is 9.59 Å². The van der Waals surface area contributed by atoms with Crippen LogP contribution < -0.4 is 16.4 Å². The van der Waals surface area contributed by atoms with E-state index in [4.69, 9.17) is 50.5 Å². The third kappa shape index (κ3) is 6.02. The normalized spacial score (nSPS) is 21.6. The summed E-state index contributed by atoms with van der Waals surface area (Å²) in [6, 6.07) is 3.30. The molecule has 0 bridgehead atoms. The highest BCUT2D eigenvalue weighted by Gasteiger charge is 2.30. The molecule has 0 radical (unpaired) electrons. The summed E-state index contributed by atoms with van der Waals surface area (Å²) in [7, 11) is 0. The summed E-state index contributed by atoms with van der Waals surface area (Å²) in [4.78, 5) is 40.1. The monoisotopic (exact) mass is 592 g/mol. The zero-order valence-corrected chi connectivity index (χ0v) is 23.9. The average Bonchev–Trinajstić information content (AvgIpc) is 3.27. The lowest BCUT2D eigenvalue weighted by molar-refractivity contribution is -0.131. The number of imidazole rings is 1. The van der Waals surface area contributed by atoms with Crippen molar-refractivity contribution in [3.05, 3.63) is 33.4 Å². The van der Waals surface area contributed by atoms with Gasteiger partial charge in [-0.3, -0.25) is 14.2 Å². The van der Waals surface area contributed by atoms with Crippen LogP contribution >= 0.6 is 34.8 Å². The fraction of sp³-hybridized carbons (Fsp3) is 0.500. The molecule has 208 valence electrons. The Bertz CT molecular complexity index is 1370. The molecule has 13 heteroatoms. The SMILES string of the molecule is CCC(=O)N1CCCC(Nc2ncc3nc(Nc4c(Cl)cc(Cl)cc4Cl)n(C4CCC(C(N)=O)CC4)c3n2)C1. The van der Waals surface area contributed by atoms with Gasteiger partial charge in [0.25, 0.3) is 0 Å². The lowest BCUT2D eigenvalue weighted by Gasteiger charge is -2.33. The highest BCUT2D eigenvalue weighted by Crippen LogP contribution is 2.40. The molecule has 1 aromatic carbocycles. The standard InChI is InChI=1S/C26H31Cl3N8O2/c1-2-21(38)36-9-3-4-16(13-36)32-25-31-12-20-24(35-25)37(17-7-5-14(6-8-17)23(30)39)26(33-20)34-22-18(28)10-15(27)11-19(22)29/h10-12,14,16-17H,2-9,13H2,1H3,(H2,30,39)(H,33,34)(H,31,32,35). The van der Waals surface area contributed by atoms with Crippen LogP contribution in [-0.4, -0.2) is 55.4 Å². The van der Waals surface area contributed by atoms with Crippen LogP contribution in [0.5, 0.6) is 0 Å². The van der Waals surface area contributed by atoms with E-state index in [1.807, 2.05) is 16.4 Å². The van der Waals surface area contributed by atoms with Crippen LogP contribution in [0.2, 0.25) is 15.1 Å². The van der Waals surface area contributed by atoms with Crippen molar-refractivity contribution in [3.63, 3.8) is 0 Å². The molecule has 5 rings (SSSR count). The molecule has 4 N–H and O–H groups in total. The highest BCUT2D eigenvalue weighted by atomic mass is 35.5. The minimum Gasteiger partial charge on any atom is -0.369 e. The van der Waals surface area contributed by atoms with Crippen LogP contribution in [-0.2, 0) is 9.59 Å². The Morgan fingerprint density at radius 3 is 2.46 bits per heavy atom. The Labute approximate surface area is 241 Å². The number of halogens is 3. The molecule has 2 aliphatic rings. The second kappa shape index (κ2) is 11.7. The van der Waals surface area contributed by atoms with Crippen molar-refractivity contribution in [2.45, 2.75) is 64.0 Å². The van der Waals surface area contributed by atoms with Crippen molar-refractivity contribution in [2.24, 2.45) is 11.7 Å². The van der Waals surface area contributed by atoms with Crippen LogP contribution in [0.15, 0.2) is 18.3 Å². The summed E-state index contributed by atoms with van der Waals surface area (Å²) < 4.78 is 2.04. The van der Waals surface area contributed by atoms with E-state index in [9.17, 15) is 9.59 Å². The number of carbonyl (C=O) groups is 2. The number of carbonyl (C=O) groups excluding carboxylic acids is 2. The Morgan fingerprint density at radius 2 is 1.79 bits per heavy atom. The molecule has 3 aromatic rings. The maximum Gasteiger partial charge on any atom is 0.225 e. The number of anilines is 3. The minimum absolute atomic E-state index is 0.0213. The van der Waals surface area contributed by atoms with Gasteiger partial charge in [-0.1, -0.05) is 41.7 Å². The summed E-state index contributed by atoms with van der Waals surface area (Å²) in [5.41, 5.74) is 7.32. The van der Waals surface area contributed by atoms with Gasteiger partial charge in [0.2, 0.25) is 23.7 Å². The smallest absolute Gasteiger partial charge is 0.225 e. The number of nitrogens with two attached hydrogens (primary N) is 1. The van der Waals surface area contributed by atoms with Gasteiger partial charge in [0.1, 0.15) is 5.52 Å². The number of fused-ring (bicyclic) bond motifs is 1. The van der Waals surface area contributed by atoms with E-state index in [0.29, 0.717) is 69.6 Å². The number of hydrogen-bond donors (Lipinski definition) is 3. The third-order valence-corrected chi connectivity index (χ3v) is 8.36. The first kappa shape index (κ1) is 27.7. The van der Waals surface area contributed by atoms with Gasteiger partial charge in [-0.05, 0) is 50.7 Å². The Morgan fingerprint density at radius 1 is 1.08 bits per heavy atom. The van der Waals surface area contributed by atoms with Gasteiger partial charge in [0.05, 0.1) is 21.9 Å². The minimum atomic E-state index is -0.265. The number of primary amides is 1. The highest BCUT2D eigenvalue weighted by molar-refractivity contribution is 6.41. The molecule has 1 unspecified atom stereocenters. The quantitative estimate of drug-likeness (QED) is 0.327. The predicted octanol–water partition coefficient (Wildman–Crippen LogP) is 5.56. The fourth-order valence-electron chi connectivity index (χ4n) is 5.51. The number of rotatable bonds is 7. The van der Waals surface area contributed by atoms with Gasteiger partial charge in [-0.2, -0.15) is 4.98 Å². The number of piperidine rings is 1.